The van der Waals surface area contributed by atoms with Crippen LogP contribution >= 0.6 is 0 Å². The number of sulfonamides is 1. The van der Waals surface area contributed by atoms with Gasteiger partial charge in [0.1, 0.15) is 0 Å². The first-order valence-corrected chi connectivity index (χ1v) is 5.57. The Hall–Kier alpha value is -1.00. The predicted molar refractivity (Wildman–Crippen MR) is 38.8 cm³/mol. The summed E-state index contributed by atoms with van der Waals surface area (Å²) in [4.78, 5) is 0. The predicted octanol–water partition coefficient (Wildman–Crippen LogP) is 3.45. The first kappa shape index (κ1) is 21.0. The molecule has 0 aliphatic rings. The molecule has 0 saturated carbocycles. The van der Waals surface area contributed by atoms with Gasteiger partial charge in [0, 0.05) is 0 Å². The van der Waals surface area contributed by atoms with Gasteiger partial charge < -0.3 is 0 Å². The van der Waals surface area contributed by atoms with Gasteiger partial charge in [-0.15, -0.1) is 4.48 Å². The van der Waals surface area contributed by atoms with E-state index in [1.54, 1.807) is 0 Å². The molecule has 0 rings (SSSR count). The first-order valence-electron chi connectivity index (χ1n) is 4.13. The fourth-order valence-electron chi connectivity index (χ4n) is 0.760. The molecule has 17 heteroatoms. The van der Waals surface area contributed by atoms with Crippen molar-refractivity contribution < 1.29 is 65.6 Å². The van der Waals surface area contributed by atoms with Crippen LogP contribution in [-0.2, 0) is 10.0 Å². The van der Waals surface area contributed by atoms with Crippen LogP contribution in [0.3, 0.4) is 0 Å². The number of nitrogens with zero attached hydrogens (tertiary/aromatic N) is 1. The molecule has 0 unspecified atom stereocenters. The minimum Gasteiger partial charge on any atom is -0.203 e. The second-order valence-corrected chi connectivity index (χ2v) is 5.13. The van der Waals surface area contributed by atoms with Gasteiger partial charge in [0.2, 0.25) is 0 Å². The first-order chi connectivity index (χ1) is 9.15. The van der Waals surface area contributed by atoms with Crippen LogP contribution in [0.4, 0.5) is 57.2 Å². The zero-order chi connectivity index (χ0) is 18.6. The van der Waals surface area contributed by atoms with Gasteiger partial charge in [-0.05, 0) is 0 Å². The van der Waals surface area contributed by atoms with Gasteiger partial charge in [-0.2, -0.15) is 52.7 Å². The molecule has 0 aromatic heterocycles. The summed E-state index contributed by atoms with van der Waals surface area (Å²) < 4.78 is 173. The van der Waals surface area contributed by atoms with Crippen LogP contribution < -0.4 is 0 Å². The van der Waals surface area contributed by atoms with Gasteiger partial charge in [-0.25, -0.2) is 8.42 Å². The smallest absolute Gasteiger partial charge is 0.203 e. The third kappa shape index (κ3) is 2.79. The standard InChI is InChI=1S/C5F13NO2S/c6-1(7,3(10,11)12)2(8,9)4(13,14)22(20,21)19(18)5(15,16)17. The Labute approximate surface area is 111 Å². The molecule has 3 nitrogen and oxygen atoms in total. The summed E-state index contributed by atoms with van der Waals surface area (Å²) in [5.41, 5.74) is 0. The van der Waals surface area contributed by atoms with E-state index in [2.05, 4.69) is 0 Å². The lowest BCUT2D eigenvalue weighted by atomic mass is 10.1. The van der Waals surface area contributed by atoms with Gasteiger partial charge in [-0.3, -0.25) is 0 Å². The highest BCUT2D eigenvalue weighted by atomic mass is 32.2. The summed E-state index contributed by atoms with van der Waals surface area (Å²) in [7, 11) is -8.32. The fraction of sp³-hybridized carbons (Fsp3) is 1.00. The molecule has 0 atom stereocenters. The van der Waals surface area contributed by atoms with E-state index < -0.39 is 44.1 Å². The van der Waals surface area contributed by atoms with E-state index in [1.807, 2.05) is 0 Å². The van der Waals surface area contributed by atoms with E-state index in [-0.39, 0.29) is 0 Å². The molecule has 0 aliphatic heterocycles. The molecule has 0 aromatic rings. The maximum atomic E-state index is 12.7. The van der Waals surface area contributed by atoms with Crippen LogP contribution in [-0.4, -0.2) is 42.5 Å². The minimum absolute atomic E-state index is 3.90. The number of hydrogen-bond donors (Lipinski definition) is 0. The van der Waals surface area contributed by atoms with Gasteiger partial charge in [0.15, 0.2) is 0 Å². The van der Waals surface area contributed by atoms with Crippen molar-refractivity contribution in [2.45, 2.75) is 29.6 Å². The second kappa shape index (κ2) is 5.00. The third-order valence-corrected chi connectivity index (χ3v) is 3.38. The van der Waals surface area contributed by atoms with Crippen molar-refractivity contribution in [1.82, 2.24) is 4.53 Å². The number of halogens is 13. The molecule has 0 heterocycles. The monoisotopic (exact) mass is 385 g/mol. The zero-order valence-electron chi connectivity index (χ0n) is 9.09. The summed E-state index contributed by atoms with van der Waals surface area (Å²) in [5, 5.41) is -7.79. The van der Waals surface area contributed by atoms with Crippen LogP contribution in [0.2, 0.25) is 0 Å². The topological polar surface area (TPSA) is 37.4 Å². The Balaban J connectivity index is 6.25. The van der Waals surface area contributed by atoms with Crippen molar-refractivity contribution in [3.05, 3.63) is 0 Å². The van der Waals surface area contributed by atoms with E-state index in [1.165, 1.54) is 0 Å². The fourth-order valence-corrected chi connectivity index (χ4v) is 1.69. The van der Waals surface area contributed by atoms with E-state index in [0.717, 1.165) is 0 Å². The molecule has 22 heavy (non-hydrogen) atoms. The highest BCUT2D eigenvalue weighted by Crippen LogP contribution is 2.55. The van der Waals surface area contributed by atoms with Crippen LogP contribution in [0.5, 0.6) is 0 Å². The van der Waals surface area contributed by atoms with Crippen LogP contribution in [0.15, 0.2) is 0 Å². The van der Waals surface area contributed by atoms with Crippen LogP contribution in [0.1, 0.15) is 0 Å². The molecule has 0 spiro atoms. The molecule has 0 saturated heterocycles. The van der Waals surface area contributed by atoms with Gasteiger partial charge in [0.25, 0.3) is 0 Å². The van der Waals surface area contributed by atoms with Crippen molar-refractivity contribution in [2.75, 3.05) is 0 Å². The van der Waals surface area contributed by atoms with E-state index in [9.17, 15) is 65.6 Å². The summed E-state index contributed by atoms with van der Waals surface area (Å²) in [6.07, 6.45) is -14.4. The summed E-state index contributed by atoms with van der Waals surface area (Å²) in [5.74, 6) is -15.7. The Bertz CT molecular complexity index is 516. The van der Waals surface area contributed by atoms with E-state index >= 15 is 0 Å². The summed E-state index contributed by atoms with van der Waals surface area (Å²) in [6.45, 7) is 0. The molecule has 0 amide bonds. The lowest BCUT2D eigenvalue weighted by Gasteiger charge is -2.33. The van der Waals surface area contributed by atoms with Crippen LogP contribution in [0, 0.1) is 0 Å². The molecule has 0 N–H and O–H groups in total. The maximum absolute atomic E-state index is 12.7. The van der Waals surface area contributed by atoms with Crippen molar-refractivity contribution in [2.24, 2.45) is 0 Å². The highest BCUT2D eigenvalue weighted by molar-refractivity contribution is 7.90. The van der Waals surface area contributed by atoms with E-state index in [4.69, 9.17) is 0 Å². The number of alkyl halides is 12. The number of hydrogen-bond acceptors (Lipinski definition) is 2. The van der Waals surface area contributed by atoms with Crippen molar-refractivity contribution >= 4 is 10.0 Å². The van der Waals surface area contributed by atoms with Gasteiger partial charge >= 0.3 is 39.6 Å². The maximum Gasteiger partial charge on any atom is 0.501 e. The SMILES string of the molecule is O=S(=O)(N(F)C(F)(F)F)C(F)(F)C(F)(F)C(F)(F)C(F)(F)F. The largest absolute Gasteiger partial charge is 0.501 e. The summed E-state index contributed by atoms with van der Waals surface area (Å²) >= 11 is 0. The average Bonchev–Trinajstić information content (AvgIpc) is 2.24. The molecule has 0 bridgehead atoms. The zero-order valence-corrected chi connectivity index (χ0v) is 9.90. The lowest BCUT2D eigenvalue weighted by molar-refractivity contribution is -0.383. The highest BCUT2D eigenvalue weighted by Gasteiger charge is 2.86. The van der Waals surface area contributed by atoms with Crippen LogP contribution in [0.25, 0.3) is 0 Å². The molecule has 0 aliphatic carbocycles. The minimum atomic E-state index is -8.32. The molecular weight excluding hydrogens is 385 g/mol. The molecular formula is C5F13NO2S. The Morgan fingerprint density at radius 2 is 0.955 bits per heavy atom. The third-order valence-electron chi connectivity index (χ3n) is 1.85. The van der Waals surface area contributed by atoms with Gasteiger partial charge in [-0.1, -0.05) is 0 Å². The van der Waals surface area contributed by atoms with Crippen molar-refractivity contribution in [3.63, 3.8) is 0 Å². The molecule has 0 aromatic carbocycles. The average molecular weight is 385 g/mol. The van der Waals surface area contributed by atoms with Crippen molar-refractivity contribution in [1.29, 1.82) is 0 Å². The van der Waals surface area contributed by atoms with Gasteiger partial charge in [0.05, 0.1) is 4.53 Å². The second-order valence-electron chi connectivity index (χ2n) is 3.35. The van der Waals surface area contributed by atoms with Crippen molar-refractivity contribution in [3.8, 4) is 0 Å². The normalized spacial score (nSPS) is 16.3. The Morgan fingerprint density at radius 1 is 0.636 bits per heavy atom. The molecule has 134 valence electrons. The number of rotatable bonds is 4. The Kier molecular flexibility index (Phi) is 4.77. The Morgan fingerprint density at radius 3 is 1.18 bits per heavy atom. The lowest BCUT2D eigenvalue weighted by Crippen LogP contribution is -2.65. The molecule has 0 radical (unpaired) electrons. The molecule has 0 fully saturated rings. The van der Waals surface area contributed by atoms with E-state index in [0.29, 0.717) is 0 Å². The quantitative estimate of drug-likeness (QED) is 0.423. The summed E-state index contributed by atoms with van der Waals surface area (Å²) in [6, 6.07) is 0.